The number of rotatable bonds is 3. The van der Waals surface area contributed by atoms with Crippen molar-refractivity contribution in [3.05, 3.63) is 69.7 Å². The summed E-state index contributed by atoms with van der Waals surface area (Å²) in [7, 11) is 0. The maximum absolute atomic E-state index is 12.9. The molecule has 25 heavy (non-hydrogen) atoms. The zero-order chi connectivity index (χ0) is 17.1. The van der Waals surface area contributed by atoms with Crippen LogP contribution in [0.4, 0.5) is 0 Å². The highest BCUT2D eigenvalue weighted by Crippen LogP contribution is 2.30. The summed E-state index contributed by atoms with van der Waals surface area (Å²) in [5.41, 5.74) is 8.42. The van der Waals surface area contributed by atoms with Gasteiger partial charge in [-0.05, 0) is 42.3 Å². The van der Waals surface area contributed by atoms with Crippen molar-refractivity contribution in [3.63, 3.8) is 0 Å². The van der Waals surface area contributed by atoms with Crippen LogP contribution in [0.1, 0.15) is 34.5 Å². The number of hydrogen-bond acceptors (Lipinski definition) is 3. The number of carbonyl (C=O) groups is 1. The fourth-order valence-electron chi connectivity index (χ4n) is 3.05. The third-order valence-electron chi connectivity index (χ3n) is 4.46. The second-order valence-corrected chi connectivity index (χ2v) is 6.90. The van der Waals surface area contributed by atoms with Gasteiger partial charge in [-0.2, -0.15) is 0 Å². The van der Waals surface area contributed by atoms with E-state index in [9.17, 15) is 4.79 Å². The standard InChI is InChI=1S/C19H21BrN2O2.ClH/c1-13-18(15-6-8-17(20)9-7-15)24-11-10-22(13)19(23)16-4-2-14(12-21)3-5-16;/h2-9,13,18H,10-12,21H2,1H3;1H. The molecule has 0 radical (unpaired) electrons. The Balaban J connectivity index is 0.00000225. The van der Waals surface area contributed by atoms with Gasteiger partial charge in [-0.1, -0.05) is 40.2 Å². The summed E-state index contributed by atoms with van der Waals surface area (Å²) in [6.45, 7) is 3.66. The molecule has 4 nitrogen and oxygen atoms in total. The summed E-state index contributed by atoms with van der Waals surface area (Å²) in [6.07, 6.45) is -0.112. The SMILES string of the molecule is CC1C(c2ccc(Br)cc2)OCCN1C(=O)c1ccc(CN)cc1.Cl. The molecule has 1 amide bonds. The third kappa shape index (κ3) is 4.42. The molecule has 2 N–H and O–H groups in total. The summed E-state index contributed by atoms with van der Waals surface area (Å²) in [4.78, 5) is 14.8. The van der Waals surface area contributed by atoms with Gasteiger partial charge >= 0.3 is 0 Å². The van der Waals surface area contributed by atoms with Crippen LogP contribution in [-0.4, -0.2) is 30.0 Å². The van der Waals surface area contributed by atoms with Crippen molar-refractivity contribution < 1.29 is 9.53 Å². The van der Waals surface area contributed by atoms with E-state index >= 15 is 0 Å². The van der Waals surface area contributed by atoms with Crippen molar-refractivity contribution in [2.45, 2.75) is 25.6 Å². The van der Waals surface area contributed by atoms with E-state index in [0.717, 1.165) is 15.6 Å². The monoisotopic (exact) mass is 424 g/mol. The second-order valence-electron chi connectivity index (χ2n) is 5.98. The fourth-order valence-corrected chi connectivity index (χ4v) is 3.31. The van der Waals surface area contributed by atoms with Crippen LogP contribution in [0.5, 0.6) is 0 Å². The van der Waals surface area contributed by atoms with Gasteiger partial charge in [0, 0.05) is 23.1 Å². The molecule has 1 heterocycles. The number of amides is 1. The molecular formula is C19H22BrClN2O2. The van der Waals surface area contributed by atoms with Crippen LogP contribution in [0.25, 0.3) is 0 Å². The van der Waals surface area contributed by atoms with Crippen molar-refractivity contribution >= 4 is 34.2 Å². The minimum atomic E-state index is -0.112. The van der Waals surface area contributed by atoms with Crippen LogP contribution in [-0.2, 0) is 11.3 Å². The Hall–Kier alpha value is -1.40. The lowest BCUT2D eigenvalue weighted by Gasteiger charge is -2.39. The summed E-state index contributed by atoms with van der Waals surface area (Å²) in [5.74, 6) is 0.0384. The molecular weight excluding hydrogens is 404 g/mol. The molecule has 0 saturated carbocycles. The molecule has 0 aromatic heterocycles. The molecule has 1 fully saturated rings. The zero-order valence-electron chi connectivity index (χ0n) is 14.0. The average molecular weight is 426 g/mol. The van der Waals surface area contributed by atoms with Gasteiger partial charge in [0.1, 0.15) is 6.10 Å². The van der Waals surface area contributed by atoms with E-state index in [1.54, 1.807) is 0 Å². The number of morpholine rings is 1. The molecule has 2 aromatic carbocycles. The molecule has 2 atom stereocenters. The Bertz CT molecular complexity index is 706. The topological polar surface area (TPSA) is 55.6 Å². The van der Waals surface area contributed by atoms with Gasteiger partial charge in [0.25, 0.3) is 5.91 Å². The third-order valence-corrected chi connectivity index (χ3v) is 4.98. The molecule has 1 aliphatic rings. The maximum atomic E-state index is 12.9. The number of benzene rings is 2. The molecule has 2 unspecified atom stereocenters. The predicted molar refractivity (Wildman–Crippen MR) is 105 cm³/mol. The summed E-state index contributed by atoms with van der Waals surface area (Å²) < 4.78 is 6.97. The van der Waals surface area contributed by atoms with Gasteiger partial charge in [0.05, 0.1) is 12.6 Å². The second kappa shape index (κ2) is 8.81. The highest BCUT2D eigenvalue weighted by Gasteiger charge is 2.33. The molecule has 0 spiro atoms. The summed E-state index contributed by atoms with van der Waals surface area (Å²) in [5, 5.41) is 0. The van der Waals surface area contributed by atoms with Crippen LogP contribution in [0, 0.1) is 0 Å². The number of hydrogen-bond donors (Lipinski definition) is 1. The van der Waals surface area contributed by atoms with Crippen molar-refractivity contribution in [1.29, 1.82) is 0 Å². The first kappa shape index (κ1) is 19.9. The van der Waals surface area contributed by atoms with E-state index in [1.807, 2.05) is 60.4 Å². The lowest BCUT2D eigenvalue weighted by Crippen LogP contribution is -2.48. The highest BCUT2D eigenvalue weighted by atomic mass is 79.9. The zero-order valence-corrected chi connectivity index (χ0v) is 16.4. The molecule has 1 aliphatic heterocycles. The lowest BCUT2D eigenvalue weighted by molar-refractivity contribution is -0.0551. The van der Waals surface area contributed by atoms with Crippen LogP contribution in [0.2, 0.25) is 0 Å². The normalized spacial score (nSPS) is 20.0. The molecule has 1 saturated heterocycles. The van der Waals surface area contributed by atoms with E-state index in [0.29, 0.717) is 25.3 Å². The minimum absolute atomic E-state index is 0. The van der Waals surface area contributed by atoms with Crippen LogP contribution < -0.4 is 5.73 Å². The van der Waals surface area contributed by atoms with Gasteiger partial charge < -0.3 is 15.4 Å². The lowest BCUT2D eigenvalue weighted by atomic mass is 9.99. The van der Waals surface area contributed by atoms with E-state index in [-0.39, 0.29) is 30.5 Å². The first-order valence-electron chi connectivity index (χ1n) is 8.07. The molecule has 134 valence electrons. The van der Waals surface area contributed by atoms with Crippen molar-refractivity contribution in [2.75, 3.05) is 13.2 Å². The first-order chi connectivity index (χ1) is 11.6. The number of ether oxygens (including phenoxy) is 1. The van der Waals surface area contributed by atoms with Crippen molar-refractivity contribution in [1.82, 2.24) is 4.90 Å². The Kier molecular flexibility index (Phi) is 7.02. The quantitative estimate of drug-likeness (QED) is 0.810. The number of nitrogens with zero attached hydrogens (tertiary/aromatic N) is 1. The molecule has 2 aromatic rings. The van der Waals surface area contributed by atoms with Crippen LogP contribution in [0.3, 0.4) is 0 Å². The van der Waals surface area contributed by atoms with Crippen molar-refractivity contribution in [2.24, 2.45) is 5.73 Å². The smallest absolute Gasteiger partial charge is 0.254 e. The maximum Gasteiger partial charge on any atom is 0.254 e. The number of nitrogens with two attached hydrogens (primary N) is 1. The Morgan fingerprint density at radius 2 is 1.84 bits per heavy atom. The van der Waals surface area contributed by atoms with Gasteiger partial charge in [0.2, 0.25) is 0 Å². The van der Waals surface area contributed by atoms with Crippen LogP contribution in [0.15, 0.2) is 53.0 Å². The Morgan fingerprint density at radius 1 is 1.20 bits per heavy atom. The summed E-state index contributed by atoms with van der Waals surface area (Å²) >= 11 is 3.45. The van der Waals surface area contributed by atoms with E-state index < -0.39 is 0 Å². The van der Waals surface area contributed by atoms with Gasteiger partial charge in [-0.15, -0.1) is 12.4 Å². The minimum Gasteiger partial charge on any atom is -0.370 e. The van der Waals surface area contributed by atoms with E-state index in [4.69, 9.17) is 10.5 Å². The average Bonchev–Trinajstić information content (AvgIpc) is 2.62. The molecule has 0 aliphatic carbocycles. The highest BCUT2D eigenvalue weighted by molar-refractivity contribution is 9.10. The number of halogens is 2. The van der Waals surface area contributed by atoms with Gasteiger partial charge in [-0.3, -0.25) is 4.79 Å². The molecule has 6 heteroatoms. The Morgan fingerprint density at radius 3 is 2.44 bits per heavy atom. The van der Waals surface area contributed by atoms with Crippen molar-refractivity contribution in [3.8, 4) is 0 Å². The van der Waals surface area contributed by atoms with Gasteiger partial charge in [-0.25, -0.2) is 0 Å². The van der Waals surface area contributed by atoms with E-state index in [2.05, 4.69) is 15.9 Å². The fraction of sp³-hybridized carbons (Fsp3) is 0.316. The molecule has 0 bridgehead atoms. The summed E-state index contributed by atoms with van der Waals surface area (Å²) in [6, 6.07) is 15.6. The van der Waals surface area contributed by atoms with Gasteiger partial charge in [0.15, 0.2) is 0 Å². The van der Waals surface area contributed by atoms with E-state index in [1.165, 1.54) is 0 Å². The largest absolute Gasteiger partial charge is 0.370 e. The van der Waals surface area contributed by atoms with Crippen LogP contribution >= 0.6 is 28.3 Å². The number of carbonyl (C=O) groups excluding carboxylic acids is 1. The predicted octanol–water partition coefficient (Wildman–Crippen LogP) is 3.93. The first-order valence-corrected chi connectivity index (χ1v) is 8.86. The molecule has 3 rings (SSSR count). The Labute approximate surface area is 162 Å².